The number of amides is 2. The largest absolute Gasteiger partial charge is 0.339 e. The van der Waals surface area contributed by atoms with E-state index in [0.717, 1.165) is 36.2 Å². The molecule has 2 aliphatic rings. The maximum absolute atomic E-state index is 13.2. The van der Waals surface area contributed by atoms with Crippen LogP contribution >= 0.6 is 0 Å². The Labute approximate surface area is 179 Å². The standard InChI is InChI=1S/C24H34N4O2/c1-16(2)28(17(3)4)23(30)15-27-21-12-8-7-11-20(21)25-24(27)18-13-22(29)26(14-18)19-9-5-6-10-19/h7-8,11-12,16-19H,5-6,9-10,13-15H2,1-4H3. The van der Waals surface area contributed by atoms with E-state index in [1.54, 1.807) is 0 Å². The highest BCUT2D eigenvalue weighted by Gasteiger charge is 2.38. The SMILES string of the molecule is CC(C)N(C(=O)Cn1c(C2CC(=O)N(C3CCCC3)C2)nc2ccccc21)C(C)C. The number of aromatic nitrogens is 2. The average molecular weight is 411 g/mol. The number of benzene rings is 1. The Morgan fingerprint density at radius 1 is 1.13 bits per heavy atom. The van der Waals surface area contributed by atoms with Gasteiger partial charge >= 0.3 is 0 Å². The lowest BCUT2D eigenvalue weighted by Crippen LogP contribution is -2.44. The number of fused-ring (bicyclic) bond motifs is 1. The van der Waals surface area contributed by atoms with Gasteiger partial charge < -0.3 is 14.4 Å². The molecule has 1 saturated carbocycles. The molecule has 1 aromatic heterocycles. The van der Waals surface area contributed by atoms with E-state index in [1.165, 1.54) is 12.8 Å². The Morgan fingerprint density at radius 2 is 1.80 bits per heavy atom. The minimum absolute atomic E-state index is 0.0462. The van der Waals surface area contributed by atoms with Crippen LogP contribution in [-0.4, -0.2) is 55.8 Å². The summed E-state index contributed by atoms with van der Waals surface area (Å²) in [4.78, 5) is 35.0. The van der Waals surface area contributed by atoms with Crippen molar-refractivity contribution in [2.45, 2.75) is 90.4 Å². The summed E-state index contributed by atoms with van der Waals surface area (Å²) in [7, 11) is 0. The highest BCUT2D eigenvalue weighted by Crippen LogP contribution is 2.35. The quantitative estimate of drug-likeness (QED) is 0.725. The Hall–Kier alpha value is -2.37. The second-order valence-corrected chi connectivity index (χ2v) is 9.42. The summed E-state index contributed by atoms with van der Waals surface area (Å²) in [6, 6.07) is 8.66. The first-order chi connectivity index (χ1) is 14.4. The molecule has 0 radical (unpaired) electrons. The third kappa shape index (κ3) is 3.84. The number of hydrogen-bond acceptors (Lipinski definition) is 3. The molecule has 1 atom stereocenters. The number of rotatable bonds is 6. The first kappa shape index (κ1) is 20.9. The first-order valence-electron chi connectivity index (χ1n) is 11.4. The molecule has 1 saturated heterocycles. The molecule has 2 fully saturated rings. The average Bonchev–Trinajstić information content (AvgIpc) is 3.40. The number of carbonyl (C=O) groups excluding carboxylic acids is 2. The van der Waals surface area contributed by atoms with Gasteiger partial charge in [0, 0.05) is 37.0 Å². The van der Waals surface area contributed by atoms with Crippen molar-refractivity contribution in [1.29, 1.82) is 0 Å². The zero-order chi connectivity index (χ0) is 21.4. The summed E-state index contributed by atoms with van der Waals surface area (Å²) in [5.74, 6) is 1.26. The smallest absolute Gasteiger partial charge is 0.243 e. The fourth-order valence-electron chi connectivity index (χ4n) is 5.43. The Balaban J connectivity index is 1.66. The van der Waals surface area contributed by atoms with Gasteiger partial charge in [-0.25, -0.2) is 4.98 Å². The summed E-state index contributed by atoms with van der Waals surface area (Å²) in [5.41, 5.74) is 1.87. The van der Waals surface area contributed by atoms with Gasteiger partial charge in [0.15, 0.2) is 0 Å². The van der Waals surface area contributed by atoms with Crippen LogP contribution in [0.25, 0.3) is 11.0 Å². The van der Waals surface area contributed by atoms with E-state index in [2.05, 4.69) is 37.2 Å². The molecule has 6 heteroatoms. The molecule has 1 aromatic carbocycles. The van der Waals surface area contributed by atoms with Crippen molar-refractivity contribution in [3.8, 4) is 0 Å². The predicted octanol–water partition coefficient (Wildman–Crippen LogP) is 3.94. The summed E-state index contributed by atoms with van der Waals surface area (Å²) >= 11 is 0. The van der Waals surface area contributed by atoms with E-state index in [4.69, 9.17) is 4.98 Å². The van der Waals surface area contributed by atoms with Crippen molar-refractivity contribution in [2.75, 3.05) is 6.54 Å². The van der Waals surface area contributed by atoms with Gasteiger partial charge in [0.1, 0.15) is 12.4 Å². The van der Waals surface area contributed by atoms with Crippen LogP contribution in [0.4, 0.5) is 0 Å². The van der Waals surface area contributed by atoms with Crippen molar-refractivity contribution in [2.24, 2.45) is 0 Å². The van der Waals surface area contributed by atoms with Crippen LogP contribution in [0.1, 0.15) is 71.5 Å². The normalized spacial score (nSPS) is 20.3. The number of imidazole rings is 1. The maximum Gasteiger partial charge on any atom is 0.243 e. The number of carbonyl (C=O) groups is 2. The molecule has 0 bridgehead atoms. The third-order valence-corrected chi connectivity index (χ3v) is 6.67. The van der Waals surface area contributed by atoms with Gasteiger partial charge in [-0.15, -0.1) is 0 Å². The van der Waals surface area contributed by atoms with E-state index in [-0.39, 0.29) is 36.4 Å². The van der Waals surface area contributed by atoms with Gasteiger partial charge in [0.05, 0.1) is 11.0 Å². The molecule has 0 N–H and O–H groups in total. The zero-order valence-corrected chi connectivity index (χ0v) is 18.7. The Bertz CT molecular complexity index is 918. The van der Waals surface area contributed by atoms with E-state index in [9.17, 15) is 9.59 Å². The second-order valence-electron chi connectivity index (χ2n) is 9.42. The van der Waals surface area contributed by atoms with Gasteiger partial charge in [-0.2, -0.15) is 0 Å². The Kier molecular flexibility index (Phi) is 5.85. The van der Waals surface area contributed by atoms with Crippen LogP contribution in [0, 0.1) is 0 Å². The molecule has 162 valence electrons. The van der Waals surface area contributed by atoms with Crippen molar-refractivity contribution in [1.82, 2.24) is 19.4 Å². The highest BCUT2D eigenvalue weighted by atomic mass is 16.2. The molecule has 2 amide bonds. The molecule has 1 aliphatic heterocycles. The summed E-state index contributed by atoms with van der Waals surface area (Å²) in [6.45, 7) is 9.21. The van der Waals surface area contributed by atoms with Crippen LogP contribution in [-0.2, 0) is 16.1 Å². The lowest BCUT2D eigenvalue weighted by molar-refractivity contribution is -0.135. The first-order valence-corrected chi connectivity index (χ1v) is 11.4. The number of para-hydroxylation sites is 2. The topological polar surface area (TPSA) is 58.4 Å². The third-order valence-electron chi connectivity index (χ3n) is 6.67. The van der Waals surface area contributed by atoms with Crippen LogP contribution < -0.4 is 0 Å². The fraction of sp³-hybridized carbons (Fsp3) is 0.625. The van der Waals surface area contributed by atoms with Crippen molar-refractivity contribution >= 4 is 22.8 Å². The van der Waals surface area contributed by atoms with Gasteiger partial charge in [-0.3, -0.25) is 9.59 Å². The number of hydrogen-bond donors (Lipinski definition) is 0. The minimum atomic E-state index is 0.0462. The molecule has 30 heavy (non-hydrogen) atoms. The van der Waals surface area contributed by atoms with Crippen LogP contribution in [0.5, 0.6) is 0 Å². The van der Waals surface area contributed by atoms with Crippen molar-refractivity contribution < 1.29 is 9.59 Å². The second kappa shape index (κ2) is 8.40. The van der Waals surface area contributed by atoms with Crippen molar-refractivity contribution in [3.63, 3.8) is 0 Å². The number of likely N-dealkylation sites (tertiary alicyclic amines) is 1. The molecule has 2 aromatic rings. The molecule has 0 spiro atoms. The fourth-order valence-corrected chi connectivity index (χ4v) is 5.43. The summed E-state index contributed by atoms with van der Waals surface area (Å²) in [6.07, 6.45) is 5.15. The summed E-state index contributed by atoms with van der Waals surface area (Å²) in [5, 5.41) is 0. The predicted molar refractivity (Wildman–Crippen MR) is 118 cm³/mol. The van der Waals surface area contributed by atoms with E-state index < -0.39 is 0 Å². The molecular weight excluding hydrogens is 376 g/mol. The lowest BCUT2D eigenvalue weighted by Gasteiger charge is -2.31. The van der Waals surface area contributed by atoms with Crippen LogP contribution in [0.2, 0.25) is 0 Å². The number of nitrogens with zero attached hydrogens (tertiary/aromatic N) is 4. The van der Waals surface area contributed by atoms with Gasteiger partial charge in [0.25, 0.3) is 0 Å². The van der Waals surface area contributed by atoms with E-state index >= 15 is 0 Å². The minimum Gasteiger partial charge on any atom is -0.339 e. The van der Waals surface area contributed by atoms with Crippen molar-refractivity contribution in [3.05, 3.63) is 30.1 Å². The van der Waals surface area contributed by atoms with Crippen LogP contribution in [0.15, 0.2) is 24.3 Å². The highest BCUT2D eigenvalue weighted by molar-refractivity contribution is 5.83. The molecule has 6 nitrogen and oxygen atoms in total. The molecule has 1 unspecified atom stereocenters. The molecular formula is C24H34N4O2. The van der Waals surface area contributed by atoms with Gasteiger partial charge in [-0.05, 0) is 52.7 Å². The zero-order valence-electron chi connectivity index (χ0n) is 18.7. The van der Waals surface area contributed by atoms with E-state index in [1.807, 2.05) is 29.2 Å². The monoisotopic (exact) mass is 410 g/mol. The molecule has 2 heterocycles. The van der Waals surface area contributed by atoms with E-state index in [0.29, 0.717) is 12.5 Å². The maximum atomic E-state index is 13.2. The molecule has 1 aliphatic carbocycles. The Morgan fingerprint density at radius 3 is 2.47 bits per heavy atom. The van der Waals surface area contributed by atoms with Crippen LogP contribution in [0.3, 0.4) is 0 Å². The van der Waals surface area contributed by atoms with Gasteiger partial charge in [-0.1, -0.05) is 25.0 Å². The lowest BCUT2D eigenvalue weighted by atomic mass is 10.1. The molecule has 4 rings (SSSR count). The van der Waals surface area contributed by atoms with Gasteiger partial charge in [0.2, 0.25) is 11.8 Å². The summed E-state index contributed by atoms with van der Waals surface area (Å²) < 4.78 is 2.06.